The second kappa shape index (κ2) is 5.07. The zero-order chi connectivity index (χ0) is 12.2. The summed E-state index contributed by atoms with van der Waals surface area (Å²) in [4.78, 5) is 11.9. The van der Waals surface area contributed by atoms with Crippen LogP contribution in [0.15, 0.2) is 41.8 Å². The van der Waals surface area contributed by atoms with Gasteiger partial charge in [-0.05, 0) is 24.3 Å². The molecule has 1 aromatic rings. The molecule has 3 nitrogen and oxygen atoms in total. The topological polar surface area (TPSA) is 35.5 Å². The maximum atomic E-state index is 11.0. The van der Waals surface area contributed by atoms with Gasteiger partial charge in [-0.25, -0.2) is 4.79 Å². The van der Waals surface area contributed by atoms with Gasteiger partial charge in [0.25, 0.3) is 0 Å². The molecule has 1 aromatic carbocycles. The number of carbonyl (C=O) groups excluding carboxylic acids is 1. The van der Waals surface area contributed by atoms with Crippen LogP contribution in [0.25, 0.3) is 0 Å². The van der Waals surface area contributed by atoms with Crippen LogP contribution in [-0.4, -0.2) is 11.8 Å². The molecule has 1 rings (SSSR count). The van der Waals surface area contributed by atoms with Gasteiger partial charge in [-0.1, -0.05) is 6.58 Å². The van der Waals surface area contributed by atoms with Crippen molar-refractivity contribution in [3.8, 4) is 5.75 Å². The normalized spacial score (nSPS) is 10.7. The lowest BCUT2D eigenvalue weighted by Crippen LogP contribution is -2.33. The Bertz CT molecular complexity index is 382. The summed E-state index contributed by atoms with van der Waals surface area (Å²) in [5.41, 5.74) is 0. The predicted molar refractivity (Wildman–Crippen MR) is 64.7 cm³/mol. The molecule has 0 saturated heterocycles. The van der Waals surface area contributed by atoms with Crippen molar-refractivity contribution < 1.29 is 14.3 Å². The van der Waals surface area contributed by atoms with Gasteiger partial charge in [-0.15, -0.1) is 12.6 Å². The molecule has 0 saturated carbocycles. The van der Waals surface area contributed by atoms with E-state index < -0.39 is 11.8 Å². The summed E-state index contributed by atoms with van der Waals surface area (Å²) in [7, 11) is 0. The van der Waals surface area contributed by atoms with E-state index in [4.69, 9.17) is 9.47 Å². The van der Waals surface area contributed by atoms with Crippen LogP contribution in [0.2, 0.25) is 0 Å². The van der Waals surface area contributed by atoms with E-state index in [1.807, 2.05) is 0 Å². The van der Waals surface area contributed by atoms with E-state index in [1.165, 1.54) is 0 Å². The first-order valence-electron chi connectivity index (χ1n) is 4.76. The molecule has 16 heavy (non-hydrogen) atoms. The third-order valence-corrected chi connectivity index (χ3v) is 2.01. The molecule has 0 radical (unpaired) electrons. The van der Waals surface area contributed by atoms with Gasteiger partial charge < -0.3 is 9.47 Å². The zero-order valence-electron chi connectivity index (χ0n) is 9.27. The molecule has 0 atom stereocenters. The minimum atomic E-state index is -1.02. The van der Waals surface area contributed by atoms with E-state index >= 15 is 0 Å². The van der Waals surface area contributed by atoms with Crippen molar-refractivity contribution in [2.24, 2.45) is 0 Å². The quantitative estimate of drug-likeness (QED) is 0.379. The number of ether oxygens (including phenoxy) is 2. The lowest BCUT2D eigenvalue weighted by molar-refractivity contribution is -0.180. The fourth-order valence-corrected chi connectivity index (χ4v) is 1.25. The zero-order valence-corrected chi connectivity index (χ0v) is 10.2. The highest BCUT2D eigenvalue weighted by atomic mass is 32.1. The molecule has 0 aliphatic rings. The van der Waals surface area contributed by atoms with E-state index in [0.717, 1.165) is 11.0 Å². The summed E-state index contributed by atoms with van der Waals surface area (Å²) in [5.74, 6) is -0.931. The number of carbonyl (C=O) groups is 1. The number of thiol groups is 1. The van der Waals surface area contributed by atoms with Crippen molar-refractivity contribution >= 4 is 18.6 Å². The number of esters is 1. The monoisotopic (exact) mass is 238 g/mol. The van der Waals surface area contributed by atoms with Crippen LogP contribution in [0.4, 0.5) is 0 Å². The van der Waals surface area contributed by atoms with E-state index in [1.54, 1.807) is 38.1 Å². The first-order chi connectivity index (χ1) is 7.43. The average molecular weight is 238 g/mol. The highest BCUT2D eigenvalue weighted by Crippen LogP contribution is 2.21. The summed E-state index contributed by atoms with van der Waals surface area (Å²) in [6.07, 6.45) is 1.10. The summed E-state index contributed by atoms with van der Waals surface area (Å²) < 4.78 is 10.5. The molecular formula is C12H14O3S. The van der Waals surface area contributed by atoms with Gasteiger partial charge in [-0.2, -0.15) is 0 Å². The fraction of sp³-hybridized carbons (Fsp3) is 0.250. The molecule has 0 aromatic heterocycles. The Labute approximate surface area is 100 Å². The third kappa shape index (κ3) is 3.98. The number of hydrogen-bond donors (Lipinski definition) is 1. The van der Waals surface area contributed by atoms with Gasteiger partial charge in [0.05, 0.1) is 0 Å². The molecule has 0 aliphatic carbocycles. The summed E-state index contributed by atoms with van der Waals surface area (Å²) >= 11 is 4.16. The van der Waals surface area contributed by atoms with Gasteiger partial charge in [0.1, 0.15) is 5.75 Å². The van der Waals surface area contributed by atoms with Crippen molar-refractivity contribution in [1.29, 1.82) is 0 Å². The molecule has 0 spiro atoms. The third-order valence-electron chi connectivity index (χ3n) is 1.71. The first-order valence-corrected chi connectivity index (χ1v) is 5.21. The van der Waals surface area contributed by atoms with Crippen molar-refractivity contribution in [2.45, 2.75) is 24.5 Å². The van der Waals surface area contributed by atoms with E-state index in [-0.39, 0.29) is 0 Å². The molecular weight excluding hydrogens is 224 g/mol. The van der Waals surface area contributed by atoms with Gasteiger partial charge >= 0.3 is 5.97 Å². The Hall–Kier alpha value is -1.42. The van der Waals surface area contributed by atoms with E-state index in [2.05, 4.69) is 19.2 Å². The van der Waals surface area contributed by atoms with E-state index in [0.29, 0.717) is 5.75 Å². The molecule has 86 valence electrons. The van der Waals surface area contributed by atoms with Gasteiger partial charge in [0.2, 0.25) is 5.79 Å². The second-order valence-electron chi connectivity index (χ2n) is 3.62. The molecule has 0 amide bonds. The Morgan fingerprint density at radius 1 is 1.38 bits per heavy atom. The maximum Gasteiger partial charge on any atom is 0.333 e. The smallest absolute Gasteiger partial charge is 0.333 e. The lowest BCUT2D eigenvalue weighted by Gasteiger charge is -2.25. The molecule has 0 aliphatic heterocycles. The summed E-state index contributed by atoms with van der Waals surface area (Å²) in [6, 6.07) is 7.10. The van der Waals surface area contributed by atoms with Crippen LogP contribution in [0.5, 0.6) is 5.75 Å². The largest absolute Gasteiger partial charge is 0.453 e. The van der Waals surface area contributed by atoms with Gasteiger partial charge in [-0.3, -0.25) is 0 Å². The maximum absolute atomic E-state index is 11.0. The van der Waals surface area contributed by atoms with Crippen molar-refractivity contribution in [2.75, 3.05) is 0 Å². The fourth-order valence-electron chi connectivity index (χ4n) is 1.10. The highest BCUT2D eigenvalue weighted by molar-refractivity contribution is 7.80. The van der Waals surface area contributed by atoms with Crippen LogP contribution in [-0.2, 0) is 9.53 Å². The minimum absolute atomic E-state index is 0.518. The van der Waals surface area contributed by atoms with Gasteiger partial charge in [0.15, 0.2) is 0 Å². The lowest BCUT2D eigenvalue weighted by atomic mass is 10.3. The number of hydrogen-bond acceptors (Lipinski definition) is 4. The minimum Gasteiger partial charge on any atom is -0.453 e. The summed E-state index contributed by atoms with van der Waals surface area (Å²) in [5, 5.41) is 0. The molecule has 0 N–H and O–H groups in total. The number of benzene rings is 1. The average Bonchev–Trinajstić information content (AvgIpc) is 2.20. The summed E-state index contributed by atoms with van der Waals surface area (Å²) in [6.45, 7) is 6.63. The Balaban J connectivity index is 2.68. The Kier molecular flexibility index (Phi) is 4.01. The highest BCUT2D eigenvalue weighted by Gasteiger charge is 2.23. The molecule has 0 unspecified atom stereocenters. The molecule has 0 fully saturated rings. The molecule has 4 heteroatoms. The van der Waals surface area contributed by atoms with Crippen LogP contribution < -0.4 is 4.74 Å². The SMILES string of the molecule is C=CC(=O)OC(C)(C)Oc1ccc(S)cc1. The number of rotatable bonds is 4. The molecule has 0 bridgehead atoms. The van der Waals surface area contributed by atoms with E-state index in [9.17, 15) is 4.79 Å². The van der Waals surface area contributed by atoms with Crippen LogP contribution >= 0.6 is 12.6 Å². The predicted octanol–water partition coefficient (Wildman–Crippen LogP) is 2.82. The second-order valence-corrected chi connectivity index (χ2v) is 4.14. The van der Waals surface area contributed by atoms with Crippen molar-refractivity contribution in [3.05, 3.63) is 36.9 Å². The molecule has 0 heterocycles. The van der Waals surface area contributed by atoms with Crippen molar-refractivity contribution in [3.63, 3.8) is 0 Å². The van der Waals surface area contributed by atoms with Crippen LogP contribution in [0.3, 0.4) is 0 Å². The Morgan fingerprint density at radius 3 is 2.44 bits per heavy atom. The van der Waals surface area contributed by atoms with Crippen LogP contribution in [0.1, 0.15) is 13.8 Å². The van der Waals surface area contributed by atoms with Crippen LogP contribution in [0, 0.1) is 0 Å². The van der Waals surface area contributed by atoms with Crippen molar-refractivity contribution in [1.82, 2.24) is 0 Å². The first kappa shape index (κ1) is 12.6. The van der Waals surface area contributed by atoms with Gasteiger partial charge in [0, 0.05) is 24.8 Å². The standard InChI is InChI=1S/C12H14O3S/c1-4-11(13)15-12(2,3)14-9-5-7-10(16)8-6-9/h4-8,16H,1H2,2-3H3. The Morgan fingerprint density at radius 2 is 1.94 bits per heavy atom.